The minimum absolute atomic E-state index is 0. The summed E-state index contributed by atoms with van der Waals surface area (Å²) in [5.41, 5.74) is 3.75. The third kappa shape index (κ3) is 7.99. The van der Waals surface area contributed by atoms with Crippen LogP contribution in [0.2, 0.25) is 0 Å². The summed E-state index contributed by atoms with van der Waals surface area (Å²) in [5, 5.41) is 0. The van der Waals surface area contributed by atoms with Gasteiger partial charge >= 0.3 is 26.2 Å². The van der Waals surface area contributed by atoms with Gasteiger partial charge in [0, 0.05) is 0 Å². The van der Waals surface area contributed by atoms with Gasteiger partial charge in [0.1, 0.15) is 0 Å². The van der Waals surface area contributed by atoms with Gasteiger partial charge in [-0.25, -0.2) is 23.3 Å². The number of allylic oxidation sites excluding steroid dienone is 8. The van der Waals surface area contributed by atoms with Gasteiger partial charge in [-0.15, -0.1) is 12.8 Å². The smallest absolute Gasteiger partial charge is 1.00 e. The molecule has 0 spiro atoms. The first-order chi connectivity index (χ1) is 11.6. The van der Waals surface area contributed by atoms with Gasteiger partial charge in [-0.2, -0.15) is 12.2 Å². The van der Waals surface area contributed by atoms with E-state index in [0.29, 0.717) is 10.8 Å². The molecule has 0 saturated heterocycles. The van der Waals surface area contributed by atoms with Crippen LogP contribution in [0.15, 0.2) is 35.5 Å². The first-order valence-electron chi connectivity index (χ1n) is 10.1. The standard InChI is InChI=1S/2C12H19.2ClH.Zr/c2*1-4-12(5-2,6-3)11-9-7-8-10-11;;;/h2*7,9H,4-6,8H2,1-3H3;2*1H;/q2*-1;;;+4/p-2. The zero-order valence-corrected chi connectivity index (χ0v) is 22.2. The van der Waals surface area contributed by atoms with Crippen molar-refractivity contribution in [3.05, 3.63) is 47.6 Å². The maximum atomic E-state index is 3.46. The molecule has 0 radical (unpaired) electrons. The van der Waals surface area contributed by atoms with Gasteiger partial charge in [-0.05, 0) is 49.4 Å². The number of rotatable bonds is 8. The van der Waals surface area contributed by atoms with Crippen LogP contribution in [0.3, 0.4) is 0 Å². The molecule has 0 unspecified atom stereocenters. The second-order valence-electron chi connectivity index (χ2n) is 7.08. The van der Waals surface area contributed by atoms with Gasteiger partial charge < -0.3 is 24.8 Å². The Morgan fingerprint density at radius 2 is 0.889 bits per heavy atom. The van der Waals surface area contributed by atoms with Gasteiger partial charge in [0.15, 0.2) is 0 Å². The monoisotopic (exact) mass is 486 g/mol. The molecule has 0 nitrogen and oxygen atoms in total. The van der Waals surface area contributed by atoms with Crippen molar-refractivity contribution in [3.63, 3.8) is 0 Å². The van der Waals surface area contributed by atoms with Crippen LogP contribution < -0.4 is 24.8 Å². The summed E-state index contributed by atoms with van der Waals surface area (Å²) in [6.07, 6.45) is 25.4. The molecular weight excluding hydrogens is 450 g/mol. The fraction of sp³-hybridized carbons (Fsp3) is 0.667. The topological polar surface area (TPSA) is 0 Å². The van der Waals surface area contributed by atoms with Gasteiger partial charge in [-0.1, -0.05) is 41.5 Å². The van der Waals surface area contributed by atoms with Gasteiger partial charge in [0.25, 0.3) is 0 Å². The van der Waals surface area contributed by atoms with E-state index in [1.807, 2.05) is 0 Å². The van der Waals surface area contributed by atoms with Crippen LogP contribution in [0.4, 0.5) is 0 Å². The Hall–Kier alpha value is 0.423. The summed E-state index contributed by atoms with van der Waals surface area (Å²) in [7, 11) is 0. The van der Waals surface area contributed by atoms with Crippen molar-refractivity contribution in [2.45, 2.75) is 92.9 Å². The van der Waals surface area contributed by atoms with Crippen LogP contribution in [0, 0.1) is 23.0 Å². The van der Waals surface area contributed by atoms with Crippen LogP contribution in [0.25, 0.3) is 0 Å². The van der Waals surface area contributed by atoms with Gasteiger partial charge in [-0.3, -0.25) is 12.2 Å². The van der Waals surface area contributed by atoms with E-state index in [1.54, 1.807) is 0 Å². The van der Waals surface area contributed by atoms with E-state index in [-0.39, 0.29) is 51.0 Å². The van der Waals surface area contributed by atoms with E-state index in [9.17, 15) is 0 Å². The summed E-state index contributed by atoms with van der Waals surface area (Å²) >= 11 is 0. The van der Waals surface area contributed by atoms with Crippen molar-refractivity contribution in [3.8, 4) is 0 Å². The molecule has 0 heterocycles. The molecule has 0 amide bonds. The Kier molecular flexibility index (Phi) is 19.3. The Balaban J connectivity index is -0.000000384. The molecule has 2 rings (SSSR count). The second-order valence-corrected chi connectivity index (χ2v) is 7.08. The average Bonchev–Trinajstić information content (AvgIpc) is 3.34. The fourth-order valence-corrected chi connectivity index (χ4v) is 4.18. The van der Waals surface area contributed by atoms with Crippen molar-refractivity contribution in [1.29, 1.82) is 0 Å². The predicted molar refractivity (Wildman–Crippen MR) is 108 cm³/mol. The molecule has 0 aromatic rings. The molecule has 0 aliphatic heterocycles. The molecule has 0 atom stereocenters. The van der Waals surface area contributed by atoms with E-state index < -0.39 is 0 Å². The van der Waals surface area contributed by atoms with E-state index >= 15 is 0 Å². The quantitative estimate of drug-likeness (QED) is 0.457. The second kappa shape index (κ2) is 16.2. The van der Waals surface area contributed by atoms with E-state index in [4.69, 9.17) is 0 Å². The number of hydrogen-bond donors (Lipinski definition) is 0. The summed E-state index contributed by atoms with van der Waals surface area (Å²) in [4.78, 5) is 0. The van der Waals surface area contributed by atoms with Crippen molar-refractivity contribution in [2.24, 2.45) is 10.8 Å². The summed E-state index contributed by atoms with van der Waals surface area (Å²) in [6, 6.07) is 0. The minimum atomic E-state index is 0. The first-order valence-corrected chi connectivity index (χ1v) is 10.1. The average molecular weight is 489 g/mol. The Morgan fingerprint density at radius 3 is 1.04 bits per heavy atom. The molecule has 3 heteroatoms. The molecule has 27 heavy (non-hydrogen) atoms. The third-order valence-corrected chi connectivity index (χ3v) is 6.59. The molecule has 0 fully saturated rings. The Labute approximate surface area is 201 Å². The third-order valence-electron chi connectivity index (χ3n) is 6.59. The Bertz CT molecular complexity index is 430. The predicted octanol–water partition coefficient (Wildman–Crippen LogP) is 1.79. The molecule has 2 aliphatic rings. The minimum Gasteiger partial charge on any atom is -1.00 e. The van der Waals surface area contributed by atoms with E-state index in [0.717, 1.165) is 12.8 Å². The van der Waals surface area contributed by atoms with Crippen molar-refractivity contribution in [2.75, 3.05) is 0 Å². The molecule has 2 aliphatic carbocycles. The fourth-order valence-electron chi connectivity index (χ4n) is 4.18. The van der Waals surface area contributed by atoms with Crippen LogP contribution in [-0.4, -0.2) is 0 Å². The molecule has 0 N–H and O–H groups in total. The maximum Gasteiger partial charge on any atom is 4.00 e. The Morgan fingerprint density at radius 1 is 0.630 bits per heavy atom. The van der Waals surface area contributed by atoms with Gasteiger partial charge in [0.05, 0.1) is 0 Å². The maximum absolute atomic E-state index is 3.46. The van der Waals surface area contributed by atoms with Crippen LogP contribution >= 0.6 is 0 Å². The molecule has 0 saturated carbocycles. The largest absolute Gasteiger partial charge is 4.00 e. The molecular formula is C24H38Cl2Zr. The molecule has 0 aromatic heterocycles. The summed E-state index contributed by atoms with van der Waals surface area (Å²) in [6.45, 7) is 13.7. The zero-order chi connectivity index (χ0) is 18.1. The van der Waals surface area contributed by atoms with Crippen LogP contribution in [0.1, 0.15) is 92.9 Å². The van der Waals surface area contributed by atoms with Crippen molar-refractivity contribution >= 4 is 0 Å². The summed E-state index contributed by atoms with van der Waals surface area (Å²) < 4.78 is 0. The molecule has 0 bridgehead atoms. The zero-order valence-electron chi connectivity index (χ0n) is 18.2. The van der Waals surface area contributed by atoms with Crippen molar-refractivity contribution in [1.82, 2.24) is 0 Å². The molecule has 0 aromatic carbocycles. The van der Waals surface area contributed by atoms with E-state index in [1.165, 1.54) is 49.7 Å². The van der Waals surface area contributed by atoms with Crippen LogP contribution in [-0.2, 0) is 26.2 Å². The number of hydrogen-bond acceptors (Lipinski definition) is 0. The number of halogens is 2. The molecule has 152 valence electrons. The SMILES string of the molecule is CCC(CC)(CC)C1=[C-]CC=C1.CCC(CC)(CC)C1=[C-]CC=C1.[Cl-].[Cl-].[Zr+4]. The summed E-state index contributed by atoms with van der Waals surface area (Å²) in [5.74, 6) is 0. The van der Waals surface area contributed by atoms with Gasteiger partial charge in [0.2, 0.25) is 0 Å². The van der Waals surface area contributed by atoms with Crippen LogP contribution in [0.5, 0.6) is 0 Å². The van der Waals surface area contributed by atoms with Crippen molar-refractivity contribution < 1.29 is 51.0 Å². The normalized spacial score (nSPS) is 14.9. The van der Waals surface area contributed by atoms with E-state index in [2.05, 4.69) is 78.0 Å². The first kappa shape index (κ1) is 32.1.